The molecule has 0 aromatic carbocycles. The molecule has 0 saturated carbocycles. The number of hydrogen-bond donors (Lipinski definition) is 2. The molecule has 6 nitrogen and oxygen atoms in total. The van der Waals surface area contributed by atoms with E-state index >= 15 is 0 Å². The van der Waals surface area contributed by atoms with E-state index in [4.69, 9.17) is 14.9 Å². The molecule has 0 fully saturated rings. The van der Waals surface area contributed by atoms with Gasteiger partial charge in [-0.1, -0.05) is 13.3 Å². The number of unbranched alkanes of at least 4 members (excludes halogenated alkanes) is 1. The minimum atomic E-state index is -1.76. The van der Waals surface area contributed by atoms with E-state index in [0.717, 1.165) is 12.8 Å². The van der Waals surface area contributed by atoms with Crippen LogP contribution in [-0.4, -0.2) is 47.1 Å². The number of ether oxygens (including phenoxy) is 1. The Bertz CT molecular complexity index is 169. The molecule has 0 aromatic heterocycles. The first-order valence-electron chi connectivity index (χ1n) is 4.57. The quantitative estimate of drug-likeness (QED) is 0.327. The third kappa shape index (κ3) is 3.57. The fourth-order valence-corrected chi connectivity index (χ4v) is 0.818. The van der Waals surface area contributed by atoms with E-state index in [0.29, 0.717) is 6.61 Å². The summed E-state index contributed by atoms with van der Waals surface area (Å²) in [6.45, 7) is 0.687. The number of nitrogens with zero attached hydrogens (tertiary/aromatic N) is 1. The van der Waals surface area contributed by atoms with Crippen LogP contribution in [0.3, 0.4) is 0 Å². The number of nitro groups is 1. The Labute approximate surface area is 82.6 Å². The van der Waals surface area contributed by atoms with Crippen molar-refractivity contribution in [2.45, 2.75) is 25.3 Å². The van der Waals surface area contributed by atoms with E-state index in [1.165, 1.54) is 0 Å². The Balaban J connectivity index is 4.02. The SMILES string of the molecule is CCCCOCC(CO)(CO)[N+](=O)[O-]. The van der Waals surface area contributed by atoms with Crippen LogP contribution in [0.1, 0.15) is 19.8 Å². The van der Waals surface area contributed by atoms with Crippen molar-refractivity contribution in [1.82, 2.24) is 0 Å². The topological polar surface area (TPSA) is 92.8 Å². The largest absolute Gasteiger partial charge is 0.389 e. The van der Waals surface area contributed by atoms with Crippen LogP contribution in [0.4, 0.5) is 0 Å². The Morgan fingerprint density at radius 3 is 2.36 bits per heavy atom. The first-order valence-corrected chi connectivity index (χ1v) is 4.57. The maximum absolute atomic E-state index is 10.6. The highest BCUT2D eigenvalue weighted by Gasteiger charge is 2.42. The van der Waals surface area contributed by atoms with Crippen molar-refractivity contribution in [3.8, 4) is 0 Å². The van der Waals surface area contributed by atoms with Gasteiger partial charge in [0.25, 0.3) is 5.54 Å². The predicted octanol–water partition coefficient (Wildman–Crippen LogP) is -0.197. The van der Waals surface area contributed by atoms with Crippen LogP contribution >= 0.6 is 0 Å². The first kappa shape index (κ1) is 13.3. The van der Waals surface area contributed by atoms with Gasteiger partial charge in [0.15, 0.2) is 0 Å². The summed E-state index contributed by atoms with van der Waals surface area (Å²) >= 11 is 0. The van der Waals surface area contributed by atoms with Crippen molar-refractivity contribution < 1.29 is 19.9 Å². The van der Waals surface area contributed by atoms with Crippen molar-refractivity contribution in [3.63, 3.8) is 0 Å². The fraction of sp³-hybridized carbons (Fsp3) is 1.00. The molecule has 0 saturated heterocycles. The summed E-state index contributed by atoms with van der Waals surface area (Å²) in [6.07, 6.45) is 1.74. The van der Waals surface area contributed by atoms with Crippen LogP contribution in [0, 0.1) is 10.1 Å². The summed E-state index contributed by atoms with van der Waals surface area (Å²) < 4.78 is 5.02. The molecule has 0 rings (SSSR count). The summed E-state index contributed by atoms with van der Waals surface area (Å²) in [6, 6.07) is 0. The Kier molecular flexibility index (Phi) is 6.35. The highest BCUT2D eigenvalue weighted by Crippen LogP contribution is 2.09. The van der Waals surface area contributed by atoms with Crippen molar-refractivity contribution in [2.75, 3.05) is 26.4 Å². The van der Waals surface area contributed by atoms with Crippen molar-refractivity contribution in [1.29, 1.82) is 0 Å². The van der Waals surface area contributed by atoms with E-state index in [1.54, 1.807) is 0 Å². The number of rotatable bonds is 8. The maximum atomic E-state index is 10.6. The van der Waals surface area contributed by atoms with Gasteiger partial charge in [0.2, 0.25) is 0 Å². The van der Waals surface area contributed by atoms with Gasteiger partial charge < -0.3 is 14.9 Å². The lowest BCUT2D eigenvalue weighted by atomic mass is 10.1. The summed E-state index contributed by atoms with van der Waals surface area (Å²) in [5, 5.41) is 28.2. The number of aliphatic hydroxyl groups excluding tert-OH is 2. The van der Waals surface area contributed by atoms with E-state index in [1.807, 2.05) is 6.92 Å². The van der Waals surface area contributed by atoms with E-state index in [-0.39, 0.29) is 6.61 Å². The molecule has 0 atom stereocenters. The summed E-state index contributed by atoms with van der Waals surface area (Å²) in [5.41, 5.74) is -1.76. The summed E-state index contributed by atoms with van der Waals surface area (Å²) in [4.78, 5) is 9.86. The molecule has 0 amide bonds. The van der Waals surface area contributed by atoms with E-state index in [2.05, 4.69) is 0 Å². The molecular weight excluding hydrogens is 190 g/mol. The Hall–Kier alpha value is -0.720. The zero-order valence-electron chi connectivity index (χ0n) is 8.31. The number of hydrogen-bond acceptors (Lipinski definition) is 5. The standard InChI is InChI=1S/C8H17NO5/c1-2-3-4-14-7-8(5-10,6-11)9(12)13/h10-11H,2-7H2,1H3. The molecule has 14 heavy (non-hydrogen) atoms. The van der Waals surface area contributed by atoms with Crippen LogP contribution in [0.2, 0.25) is 0 Å². The maximum Gasteiger partial charge on any atom is 0.289 e. The van der Waals surface area contributed by atoms with Gasteiger partial charge in [-0.3, -0.25) is 10.1 Å². The molecule has 6 heteroatoms. The van der Waals surface area contributed by atoms with Gasteiger partial charge in [-0.15, -0.1) is 0 Å². The fourth-order valence-electron chi connectivity index (χ4n) is 0.818. The average Bonchev–Trinajstić information content (AvgIpc) is 2.18. The second-order valence-corrected chi connectivity index (χ2v) is 3.20. The molecule has 0 aliphatic rings. The molecule has 0 aromatic rings. The smallest absolute Gasteiger partial charge is 0.289 e. The van der Waals surface area contributed by atoms with Crippen LogP contribution in [0.25, 0.3) is 0 Å². The normalized spacial score (nSPS) is 11.6. The van der Waals surface area contributed by atoms with Gasteiger partial charge >= 0.3 is 0 Å². The molecule has 84 valence electrons. The van der Waals surface area contributed by atoms with Crippen LogP contribution in [-0.2, 0) is 4.74 Å². The molecular formula is C8H17NO5. The third-order valence-electron chi connectivity index (χ3n) is 1.99. The van der Waals surface area contributed by atoms with E-state index < -0.39 is 23.7 Å². The minimum Gasteiger partial charge on any atom is -0.389 e. The molecule has 0 aliphatic carbocycles. The van der Waals surface area contributed by atoms with Gasteiger partial charge in [-0.25, -0.2) is 0 Å². The van der Waals surface area contributed by atoms with Crippen LogP contribution in [0.15, 0.2) is 0 Å². The number of aliphatic hydroxyl groups is 2. The lowest BCUT2D eigenvalue weighted by Crippen LogP contribution is -2.50. The molecule has 0 radical (unpaired) electrons. The molecule has 0 aliphatic heterocycles. The van der Waals surface area contributed by atoms with Gasteiger partial charge in [-0.05, 0) is 6.42 Å². The van der Waals surface area contributed by atoms with Crippen LogP contribution < -0.4 is 0 Å². The van der Waals surface area contributed by atoms with Crippen molar-refractivity contribution in [3.05, 3.63) is 10.1 Å². The van der Waals surface area contributed by atoms with Gasteiger partial charge in [-0.2, -0.15) is 0 Å². The lowest BCUT2D eigenvalue weighted by molar-refractivity contribution is -0.581. The van der Waals surface area contributed by atoms with E-state index in [9.17, 15) is 10.1 Å². The minimum absolute atomic E-state index is 0.257. The Morgan fingerprint density at radius 1 is 1.43 bits per heavy atom. The molecule has 0 heterocycles. The first-order chi connectivity index (χ1) is 6.63. The van der Waals surface area contributed by atoms with Gasteiger partial charge in [0, 0.05) is 11.5 Å². The highest BCUT2D eigenvalue weighted by atomic mass is 16.6. The van der Waals surface area contributed by atoms with Crippen molar-refractivity contribution >= 4 is 0 Å². The molecule has 2 N–H and O–H groups in total. The average molecular weight is 207 g/mol. The zero-order chi connectivity index (χ0) is 11.0. The monoisotopic (exact) mass is 207 g/mol. The second-order valence-electron chi connectivity index (χ2n) is 3.20. The molecule has 0 spiro atoms. The Morgan fingerprint density at radius 2 is 2.00 bits per heavy atom. The van der Waals surface area contributed by atoms with Gasteiger partial charge in [0.1, 0.15) is 19.8 Å². The third-order valence-corrected chi connectivity index (χ3v) is 1.99. The van der Waals surface area contributed by atoms with Gasteiger partial charge in [0.05, 0.1) is 0 Å². The highest BCUT2D eigenvalue weighted by molar-refractivity contribution is 4.77. The predicted molar refractivity (Wildman–Crippen MR) is 49.6 cm³/mol. The summed E-state index contributed by atoms with van der Waals surface area (Å²) in [7, 11) is 0. The van der Waals surface area contributed by atoms with Crippen molar-refractivity contribution in [2.24, 2.45) is 0 Å². The zero-order valence-corrected chi connectivity index (χ0v) is 8.31. The lowest BCUT2D eigenvalue weighted by Gasteiger charge is -2.20. The molecule has 0 bridgehead atoms. The molecule has 0 unspecified atom stereocenters. The second kappa shape index (κ2) is 6.69. The van der Waals surface area contributed by atoms with Crippen LogP contribution in [0.5, 0.6) is 0 Å². The summed E-state index contributed by atoms with van der Waals surface area (Å²) in [5.74, 6) is 0.